The van der Waals surface area contributed by atoms with Crippen molar-refractivity contribution in [3.8, 4) is 22.9 Å². The zero-order chi connectivity index (χ0) is 24.4. The number of amides is 1. The van der Waals surface area contributed by atoms with Crippen LogP contribution in [0.2, 0.25) is 0 Å². The highest BCUT2D eigenvalue weighted by Crippen LogP contribution is 2.40. The van der Waals surface area contributed by atoms with Crippen LogP contribution in [0.25, 0.3) is 11.4 Å². The number of hydrogen-bond donors (Lipinski definition) is 2. The minimum atomic E-state index is -0.578. The third-order valence-corrected chi connectivity index (χ3v) is 5.78. The van der Waals surface area contributed by atoms with Gasteiger partial charge in [-0.25, -0.2) is 4.68 Å². The molecule has 9 nitrogen and oxygen atoms in total. The smallest absolute Gasteiger partial charge is 0.255 e. The molecule has 3 heterocycles. The summed E-state index contributed by atoms with van der Waals surface area (Å²) in [7, 11) is 3.22. The van der Waals surface area contributed by atoms with Crippen molar-refractivity contribution in [2.24, 2.45) is 0 Å². The number of nitrogens with zero attached hydrogens (tertiary/aromatic N) is 4. The van der Waals surface area contributed by atoms with Crippen molar-refractivity contribution in [1.82, 2.24) is 19.7 Å². The van der Waals surface area contributed by atoms with E-state index in [1.807, 2.05) is 55.5 Å². The molecule has 0 saturated heterocycles. The molecule has 1 aliphatic rings. The molecule has 9 heteroatoms. The Morgan fingerprint density at radius 2 is 1.91 bits per heavy atom. The number of nitrogens with one attached hydrogen (secondary N) is 2. The zero-order valence-electron chi connectivity index (χ0n) is 19.5. The van der Waals surface area contributed by atoms with Crippen molar-refractivity contribution in [1.29, 1.82) is 0 Å². The second kappa shape index (κ2) is 9.30. The third-order valence-electron chi connectivity index (χ3n) is 5.78. The number of aromatic nitrogens is 4. The van der Waals surface area contributed by atoms with E-state index in [9.17, 15) is 4.79 Å². The van der Waals surface area contributed by atoms with E-state index in [1.165, 1.54) is 0 Å². The molecule has 0 saturated carbocycles. The fourth-order valence-corrected chi connectivity index (χ4v) is 4.14. The van der Waals surface area contributed by atoms with Crippen LogP contribution in [0.1, 0.15) is 18.5 Å². The number of methoxy groups -OCH3 is 2. The Hall–Kier alpha value is -4.66. The number of para-hydroxylation sites is 1. The van der Waals surface area contributed by atoms with Crippen molar-refractivity contribution in [2.45, 2.75) is 13.0 Å². The summed E-state index contributed by atoms with van der Waals surface area (Å²) in [5, 5.41) is 11.0. The van der Waals surface area contributed by atoms with E-state index in [1.54, 1.807) is 43.4 Å². The number of carbonyl (C=O) groups is 1. The van der Waals surface area contributed by atoms with E-state index in [0.29, 0.717) is 40.2 Å². The summed E-state index contributed by atoms with van der Waals surface area (Å²) in [6, 6.07) is 18.1. The van der Waals surface area contributed by atoms with Gasteiger partial charge in [0.15, 0.2) is 5.82 Å². The minimum Gasteiger partial charge on any atom is -0.497 e. The maximum atomic E-state index is 13.6. The van der Waals surface area contributed by atoms with Gasteiger partial charge in [-0.15, -0.1) is 5.10 Å². The molecule has 2 N–H and O–H groups in total. The molecule has 176 valence electrons. The van der Waals surface area contributed by atoms with E-state index in [-0.39, 0.29) is 5.91 Å². The molecule has 1 aliphatic heterocycles. The van der Waals surface area contributed by atoms with Gasteiger partial charge in [0, 0.05) is 23.0 Å². The molecule has 0 bridgehead atoms. The first kappa shape index (κ1) is 22.1. The molecular formula is C26H24N6O3. The average molecular weight is 469 g/mol. The van der Waals surface area contributed by atoms with Gasteiger partial charge in [0.25, 0.3) is 5.91 Å². The summed E-state index contributed by atoms with van der Waals surface area (Å²) in [6.07, 6.45) is 3.26. The van der Waals surface area contributed by atoms with Crippen molar-refractivity contribution < 1.29 is 14.3 Å². The molecule has 35 heavy (non-hydrogen) atoms. The normalized spacial score (nSPS) is 14.7. The number of ether oxygens (including phenoxy) is 2. The summed E-state index contributed by atoms with van der Waals surface area (Å²) in [5.41, 5.74) is 3.34. The van der Waals surface area contributed by atoms with Crippen LogP contribution in [-0.4, -0.2) is 39.9 Å². The lowest BCUT2D eigenvalue weighted by Gasteiger charge is -2.29. The number of hydrogen-bond acceptors (Lipinski definition) is 7. The topological polar surface area (TPSA) is 103 Å². The molecule has 1 amide bonds. The van der Waals surface area contributed by atoms with Crippen molar-refractivity contribution in [2.75, 3.05) is 24.9 Å². The number of fused-ring (bicyclic) bond motifs is 1. The SMILES string of the molecule is COc1cccc(-c2nc3n(n2)[C@@H](c2ccccc2OC)C(C(=O)Nc2cccnc2)=C(C)N3)c1. The molecule has 0 unspecified atom stereocenters. The van der Waals surface area contributed by atoms with Gasteiger partial charge in [-0.3, -0.25) is 9.78 Å². The van der Waals surface area contributed by atoms with Gasteiger partial charge >= 0.3 is 0 Å². The van der Waals surface area contributed by atoms with Crippen LogP contribution in [0.4, 0.5) is 11.6 Å². The van der Waals surface area contributed by atoms with Gasteiger partial charge in [-0.2, -0.15) is 4.98 Å². The molecule has 2 aromatic carbocycles. The van der Waals surface area contributed by atoms with Crippen molar-refractivity contribution >= 4 is 17.5 Å². The minimum absolute atomic E-state index is 0.275. The Balaban J connectivity index is 1.63. The fourth-order valence-electron chi connectivity index (χ4n) is 4.14. The van der Waals surface area contributed by atoms with Crippen LogP contribution < -0.4 is 20.1 Å². The van der Waals surface area contributed by atoms with E-state index >= 15 is 0 Å². The van der Waals surface area contributed by atoms with Gasteiger partial charge in [-0.1, -0.05) is 30.3 Å². The maximum absolute atomic E-state index is 13.6. The second-order valence-corrected chi connectivity index (χ2v) is 7.94. The molecular weight excluding hydrogens is 444 g/mol. The van der Waals surface area contributed by atoms with E-state index in [0.717, 1.165) is 11.1 Å². The lowest BCUT2D eigenvalue weighted by atomic mass is 9.94. The number of pyridine rings is 1. The van der Waals surface area contributed by atoms with Crippen LogP contribution in [-0.2, 0) is 4.79 Å². The summed E-state index contributed by atoms with van der Waals surface area (Å²) < 4.78 is 12.7. The molecule has 0 spiro atoms. The number of allylic oxidation sites excluding steroid dienone is 1. The Morgan fingerprint density at radius 1 is 1.06 bits per heavy atom. The molecule has 0 aliphatic carbocycles. The quantitative estimate of drug-likeness (QED) is 0.435. The molecule has 4 aromatic rings. The Kier molecular flexibility index (Phi) is 5.88. The summed E-state index contributed by atoms with van der Waals surface area (Å²) >= 11 is 0. The van der Waals surface area contributed by atoms with E-state index < -0.39 is 6.04 Å². The van der Waals surface area contributed by atoms with Gasteiger partial charge in [-0.05, 0) is 37.3 Å². The lowest BCUT2D eigenvalue weighted by molar-refractivity contribution is -0.113. The predicted octanol–water partition coefficient (Wildman–Crippen LogP) is 4.28. The Morgan fingerprint density at radius 3 is 2.69 bits per heavy atom. The van der Waals surface area contributed by atoms with E-state index in [4.69, 9.17) is 19.6 Å². The van der Waals surface area contributed by atoms with Crippen molar-refractivity contribution in [3.05, 3.63) is 89.9 Å². The van der Waals surface area contributed by atoms with Crippen molar-refractivity contribution in [3.63, 3.8) is 0 Å². The van der Waals surface area contributed by atoms with Gasteiger partial charge < -0.3 is 20.1 Å². The standard InChI is InChI=1S/C26H24N6O3/c1-16-22(25(33)29-18-9-7-13-27-15-18)23(20-11-4-5-12-21(20)35-3)32-26(28-16)30-24(31-32)17-8-6-10-19(14-17)34-2/h4-15,23H,1-3H3,(H,29,33)(H,28,30,31)/t23-/m0/s1. The predicted molar refractivity (Wildman–Crippen MR) is 132 cm³/mol. The molecule has 0 radical (unpaired) electrons. The lowest BCUT2D eigenvalue weighted by Crippen LogP contribution is -2.31. The Bertz CT molecular complexity index is 1410. The highest BCUT2D eigenvalue weighted by molar-refractivity contribution is 6.06. The van der Waals surface area contributed by atoms with Gasteiger partial charge in [0.1, 0.15) is 17.5 Å². The number of anilines is 2. The monoisotopic (exact) mass is 468 g/mol. The third kappa shape index (κ3) is 4.19. The maximum Gasteiger partial charge on any atom is 0.255 e. The first-order chi connectivity index (χ1) is 17.1. The highest BCUT2D eigenvalue weighted by atomic mass is 16.5. The number of rotatable bonds is 6. The second-order valence-electron chi connectivity index (χ2n) is 7.94. The molecule has 5 rings (SSSR count). The summed E-state index contributed by atoms with van der Waals surface area (Å²) in [5.74, 6) is 2.10. The molecule has 2 aromatic heterocycles. The van der Waals surface area contributed by atoms with Gasteiger partial charge in [0.05, 0.1) is 31.7 Å². The summed E-state index contributed by atoms with van der Waals surface area (Å²) in [6.45, 7) is 1.85. The molecule has 1 atom stereocenters. The highest BCUT2D eigenvalue weighted by Gasteiger charge is 2.36. The largest absolute Gasteiger partial charge is 0.497 e. The first-order valence-corrected chi connectivity index (χ1v) is 11.0. The van der Waals surface area contributed by atoms with Crippen LogP contribution in [0.15, 0.2) is 84.3 Å². The zero-order valence-corrected chi connectivity index (χ0v) is 19.5. The van der Waals surface area contributed by atoms with Crippen LogP contribution in [0, 0.1) is 0 Å². The number of benzene rings is 2. The van der Waals surface area contributed by atoms with Crippen LogP contribution in [0.3, 0.4) is 0 Å². The number of carbonyl (C=O) groups excluding carboxylic acids is 1. The van der Waals surface area contributed by atoms with Crippen LogP contribution in [0.5, 0.6) is 11.5 Å². The summed E-state index contributed by atoms with van der Waals surface area (Å²) in [4.78, 5) is 22.4. The first-order valence-electron chi connectivity index (χ1n) is 11.0. The fraction of sp³-hybridized carbons (Fsp3) is 0.154. The molecule has 0 fully saturated rings. The van der Waals surface area contributed by atoms with Gasteiger partial charge in [0.2, 0.25) is 5.95 Å². The average Bonchev–Trinajstić information content (AvgIpc) is 3.32. The van der Waals surface area contributed by atoms with Crippen LogP contribution >= 0.6 is 0 Å². The Labute approximate surface area is 202 Å². The van der Waals surface area contributed by atoms with E-state index in [2.05, 4.69) is 15.6 Å².